The third-order valence-corrected chi connectivity index (χ3v) is 2.25. The second kappa shape index (κ2) is 3.89. The molecule has 0 spiro atoms. The van der Waals surface area contributed by atoms with Crippen molar-refractivity contribution in [1.82, 2.24) is 0 Å². The second-order valence-corrected chi connectivity index (χ2v) is 3.22. The van der Waals surface area contributed by atoms with Gasteiger partial charge in [0.2, 0.25) is 0 Å². The molecule has 0 atom stereocenters. The van der Waals surface area contributed by atoms with E-state index < -0.39 is 0 Å². The van der Waals surface area contributed by atoms with Crippen LogP contribution in [0.2, 0.25) is 0 Å². The number of hydrogen-bond acceptors (Lipinski definition) is 0. The van der Waals surface area contributed by atoms with Crippen molar-refractivity contribution >= 4 is 0 Å². The number of para-hydroxylation sites is 1. The van der Waals surface area contributed by atoms with Crippen LogP contribution >= 0.6 is 0 Å². The third-order valence-electron chi connectivity index (χ3n) is 2.25. The van der Waals surface area contributed by atoms with Crippen molar-refractivity contribution < 1.29 is 5.11 Å². The summed E-state index contributed by atoms with van der Waals surface area (Å²) >= 11 is 0. The van der Waals surface area contributed by atoms with Gasteiger partial charge in [-0.3, -0.25) is 5.11 Å². The quantitative estimate of drug-likeness (QED) is 0.618. The van der Waals surface area contributed by atoms with Gasteiger partial charge >= 0.3 is 0 Å². The van der Waals surface area contributed by atoms with Crippen LogP contribution in [0, 0.1) is 12.3 Å². The van der Waals surface area contributed by atoms with E-state index in [2.05, 4.69) is 5.92 Å². The highest BCUT2D eigenvalue weighted by Gasteiger charge is 2.03. The van der Waals surface area contributed by atoms with Gasteiger partial charge in [-0.2, -0.15) is 0 Å². The molecule has 0 heterocycles. The molecule has 2 rings (SSSR count). The molecule has 15 heavy (non-hydrogen) atoms. The lowest BCUT2D eigenvalue weighted by molar-refractivity contribution is 0.356. The van der Waals surface area contributed by atoms with E-state index in [4.69, 9.17) is 6.42 Å². The maximum atomic E-state index is 11.5. The van der Waals surface area contributed by atoms with Crippen molar-refractivity contribution in [2.24, 2.45) is 0 Å². The average Bonchev–Trinajstić information content (AvgIpc) is 2.30. The molecule has 0 bridgehead atoms. The summed E-state index contributed by atoms with van der Waals surface area (Å²) < 4.78 is 0. The molecule has 0 aliphatic rings. The first-order chi connectivity index (χ1) is 7.31. The van der Waals surface area contributed by atoms with Crippen molar-refractivity contribution in [1.29, 1.82) is 0 Å². The molecule has 0 N–H and O–H groups in total. The van der Waals surface area contributed by atoms with Crippen LogP contribution in [-0.2, 0) is 5.11 Å². The first-order valence-corrected chi connectivity index (χ1v) is 4.64. The monoisotopic (exact) mass is 193 g/mol. The van der Waals surface area contributed by atoms with Gasteiger partial charge in [0.05, 0.1) is 0 Å². The standard InChI is InChI=1S/C14H9O/c1-2-11-7-9-12(10-8-11)13-5-3-4-6-14(13)15/h1,3-10H. The summed E-state index contributed by atoms with van der Waals surface area (Å²) in [5, 5.41) is 11.5. The summed E-state index contributed by atoms with van der Waals surface area (Å²) in [6.45, 7) is 0. The molecule has 0 saturated heterocycles. The lowest BCUT2D eigenvalue weighted by Gasteiger charge is -2.02. The first-order valence-electron chi connectivity index (χ1n) is 4.64. The number of terminal acetylenes is 1. The molecule has 2 aromatic carbocycles. The normalized spacial score (nSPS) is 9.53. The highest BCUT2D eigenvalue weighted by Crippen LogP contribution is 2.28. The lowest BCUT2D eigenvalue weighted by atomic mass is 10.0. The molecule has 0 unspecified atom stereocenters. The zero-order chi connectivity index (χ0) is 10.7. The fourth-order valence-corrected chi connectivity index (χ4v) is 1.45. The van der Waals surface area contributed by atoms with Crippen LogP contribution in [-0.4, -0.2) is 0 Å². The Bertz CT molecular complexity index is 504. The molecule has 0 amide bonds. The van der Waals surface area contributed by atoms with Gasteiger partial charge in [0.25, 0.3) is 0 Å². The summed E-state index contributed by atoms with van der Waals surface area (Å²) in [4.78, 5) is 0. The van der Waals surface area contributed by atoms with E-state index >= 15 is 0 Å². The Morgan fingerprint density at radius 1 is 0.933 bits per heavy atom. The molecule has 0 aliphatic heterocycles. The zero-order valence-corrected chi connectivity index (χ0v) is 8.10. The molecular formula is C14H9O. The summed E-state index contributed by atoms with van der Waals surface area (Å²) in [5.74, 6) is 2.58. The minimum Gasteiger partial charge on any atom is -0.289 e. The second-order valence-electron chi connectivity index (χ2n) is 3.22. The smallest absolute Gasteiger partial charge is 0.186 e. The molecular weight excluding hydrogens is 184 g/mol. The van der Waals surface area contributed by atoms with E-state index in [0.717, 1.165) is 11.1 Å². The van der Waals surface area contributed by atoms with Crippen molar-refractivity contribution in [3.63, 3.8) is 0 Å². The Morgan fingerprint density at radius 3 is 2.20 bits per heavy atom. The highest BCUT2D eigenvalue weighted by molar-refractivity contribution is 5.70. The third kappa shape index (κ3) is 1.84. The van der Waals surface area contributed by atoms with Crippen molar-refractivity contribution in [2.75, 3.05) is 0 Å². The van der Waals surface area contributed by atoms with Gasteiger partial charge in [0.15, 0.2) is 5.75 Å². The fourth-order valence-electron chi connectivity index (χ4n) is 1.45. The Balaban J connectivity index is 2.47. The summed E-state index contributed by atoms with van der Waals surface area (Å²) in [6.07, 6.45) is 5.26. The maximum absolute atomic E-state index is 11.5. The van der Waals surface area contributed by atoms with Gasteiger partial charge in [-0.05, 0) is 23.8 Å². The maximum Gasteiger partial charge on any atom is 0.186 e. The lowest BCUT2D eigenvalue weighted by Crippen LogP contribution is -1.79. The predicted molar refractivity (Wildman–Crippen MR) is 59.9 cm³/mol. The number of rotatable bonds is 1. The molecule has 1 heteroatoms. The minimum atomic E-state index is 0.0333. The van der Waals surface area contributed by atoms with Gasteiger partial charge in [0, 0.05) is 11.1 Å². The fraction of sp³-hybridized carbons (Fsp3) is 0. The van der Waals surface area contributed by atoms with E-state index in [-0.39, 0.29) is 5.75 Å². The average molecular weight is 193 g/mol. The van der Waals surface area contributed by atoms with Gasteiger partial charge in [-0.15, -0.1) is 6.42 Å². The molecule has 0 saturated carbocycles. The van der Waals surface area contributed by atoms with Gasteiger partial charge in [0.1, 0.15) is 0 Å². The van der Waals surface area contributed by atoms with E-state index in [9.17, 15) is 5.11 Å². The Morgan fingerprint density at radius 2 is 1.60 bits per heavy atom. The Hall–Kier alpha value is -2.20. The van der Waals surface area contributed by atoms with Crippen LogP contribution in [0.15, 0.2) is 48.5 Å². The van der Waals surface area contributed by atoms with Gasteiger partial charge in [-0.1, -0.05) is 36.3 Å². The van der Waals surface area contributed by atoms with E-state index in [1.165, 1.54) is 0 Å². The largest absolute Gasteiger partial charge is 0.289 e. The van der Waals surface area contributed by atoms with Crippen molar-refractivity contribution in [2.45, 2.75) is 0 Å². The van der Waals surface area contributed by atoms with Crippen LogP contribution in [0.5, 0.6) is 5.75 Å². The van der Waals surface area contributed by atoms with Crippen LogP contribution in [0.25, 0.3) is 11.1 Å². The summed E-state index contributed by atoms with van der Waals surface area (Å²) in [7, 11) is 0. The molecule has 1 radical (unpaired) electrons. The van der Waals surface area contributed by atoms with Crippen LogP contribution in [0.3, 0.4) is 0 Å². The van der Waals surface area contributed by atoms with E-state index in [1.54, 1.807) is 12.1 Å². The zero-order valence-electron chi connectivity index (χ0n) is 8.10. The highest BCUT2D eigenvalue weighted by atomic mass is 16.3. The molecule has 0 fully saturated rings. The predicted octanol–water partition coefficient (Wildman–Crippen LogP) is 3.48. The first kappa shape index (κ1) is 9.36. The summed E-state index contributed by atoms with van der Waals surface area (Å²) in [6, 6.07) is 14.4. The Kier molecular flexibility index (Phi) is 2.43. The number of benzene rings is 2. The van der Waals surface area contributed by atoms with Gasteiger partial charge in [-0.25, -0.2) is 0 Å². The molecule has 2 aromatic rings. The van der Waals surface area contributed by atoms with E-state index in [0.29, 0.717) is 5.56 Å². The van der Waals surface area contributed by atoms with Crippen LogP contribution in [0.4, 0.5) is 0 Å². The van der Waals surface area contributed by atoms with Crippen molar-refractivity contribution in [3.8, 4) is 29.2 Å². The molecule has 71 valence electrons. The van der Waals surface area contributed by atoms with Crippen LogP contribution < -0.4 is 0 Å². The molecule has 1 nitrogen and oxygen atoms in total. The van der Waals surface area contributed by atoms with Crippen LogP contribution in [0.1, 0.15) is 5.56 Å². The van der Waals surface area contributed by atoms with E-state index in [1.807, 2.05) is 36.4 Å². The summed E-state index contributed by atoms with van der Waals surface area (Å²) in [5.41, 5.74) is 2.43. The minimum absolute atomic E-state index is 0.0333. The molecule has 0 aromatic heterocycles. The van der Waals surface area contributed by atoms with Crippen molar-refractivity contribution in [3.05, 3.63) is 54.1 Å². The Labute approximate surface area is 89.0 Å². The SMILES string of the molecule is C#Cc1ccc(-c2ccccc2[O])cc1. The van der Waals surface area contributed by atoms with Gasteiger partial charge < -0.3 is 0 Å². The molecule has 0 aliphatic carbocycles. The number of hydrogen-bond donors (Lipinski definition) is 0. The topological polar surface area (TPSA) is 19.9 Å².